The molecule has 0 unspecified atom stereocenters. The normalized spacial score (nSPS) is 10.7. The molecule has 0 bridgehead atoms. The van der Waals surface area contributed by atoms with Crippen molar-refractivity contribution < 1.29 is 13.6 Å². The Hall–Kier alpha value is -4.00. The molecule has 0 fully saturated rings. The van der Waals surface area contributed by atoms with E-state index < -0.39 is 0 Å². The van der Waals surface area contributed by atoms with Crippen LogP contribution in [0.1, 0.15) is 15.9 Å². The summed E-state index contributed by atoms with van der Waals surface area (Å²) in [5, 5.41) is 11.2. The van der Waals surface area contributed by atoms with E-state index in [0.29, 0.717) is 28.1 Å². The molecule has 1 N–H and O–H groups in total. The highest BCUT2D eigenvalue weighted by molar-refractivity contribution is 5.98. The second-order valence-electron chi connectivity index (χ2n) is 6.99. The van der Waals surface area contributed by atoms with Crippen molar-refractivity contribution in [2.24, 2.45) is 0 Å². The van der Waals surface area contributed by atoms with E-state index in [1.54, 1.807) is 36.4 Å². The number of benzene rings is 3. The number of rotatable bonds is 6. The predicted octanol–water partition coefficient (Wildman–Crippen LogP) is 5.09. The summed E-state index contributed by atoms with van der Waals surface area (Å²) in [7, 11) is 0. The van der Waals surface area contributed by atoms with Crippen LogP contribution in [0.25, 0.3) is 22.5 Å². The molecule has 0 atom stereocenters. The van der Waals surface area contributed by atoms with E-state index in [1.807, 2.05) is 19.1 Å². The lowest BCUT2D eigenvalue weighted by atomic mass is 10.0. The number of nitrogens with one attached hydrogen (secondary N) is 1. The Kier molecular flexibility index (Phi) is 5.75. The molecule has 31 heavy (non-hydrogen) atoms. The molecular formula is C24H18F2N4O. The van der Waals surface area contributed by atoms with E-state index >= 15 is 0 Å². The van der Waals surface area contributed by atoms with Crippen molar-refractivity contribution in [3.8, 4) is 22.5 Å². The highest BCUT2D eigenvalue weighted by Gasteiger charge is 2.15. The largest absolute Gasteiger partial charge is 0.345 e. The van der Waals surface area contributed by atoms with Gasteiger partial charge >= 0.3 is 0 Å². The lowest BCUT2D eigenvalue weighted by Gasteiger charge is -2.11. The zero-order valence-electron chi connectivity index (χ0n) is 16.6. The van der Waals surface area contributed by atoms with E-state index in [2.05, 4.69) is 20.5 Å². The lowest BCUT2D eigenvalue weighted by molar-refractivity contribution is 0.101. The number of halogens is 2. The molecule has 4 rings (SSSR count). The van der Waals surface area contributed by atoms with Gasteiger partial charge in [-0.05, 0) is 55.5 Å². The molecule has 0 aliphatic heterocycles. The van der Waals surface area contributed by atoms with E-state index in [-0.39, 0.29) is 29.9 Å². The molecule has 0 aliphatic rings. The first-order valence-corrected chi connectivity index (χ1v) is 9.60. The number of anilines is 1. The number of Topliss-reactive ketones (excluding diaryl/α,β-unsaturated/α-hetero) is 1. The first-order valence-electron chi connectivity index (χ1n) is 9.60. The third-order valence-electron chi connectivity index (χ3n) is 4.70. The average molecular weight is 416 g/mol. The van der Waals surface area contributed by atoms with Crippen LogP contribution in [0, 0.1) is 18.6 Å². The summed E-state index contributed by atoms with van der Waals surface area (Å²) in [5.74, 6) is -0.711. The second-order valence-corrected chi connectivity index (χ2v) is 6.99. The maximum atomic E-state index is 13.4. The van der Waals surface area contributed by atoms with E-state index in [1.165, 1.54) is 24.3 Å². The molecule has 3 aromatic carbocycles. The minimum Gasteiger partial charge on any atom is -0.345 e. The zero-order chi connectivity index (χ0) is 21.8. The summed E-state index contributed by atoms with van der Waals surface area (Å²) in [6.07, 6.45) is 0. The van der Waals surface area contributed by atoms with Crippen molar-refractivity contribution in [2.45, 2.75) is 6.92 Å². The molecular weight excluding hydrogens is 398 g/mol. The van der Waals surface area contributed by atoms with Gasteiger partial charge in [-0.2, -0.15) is 0 Å². The van der Waals surface area contributed by atoms with Crippen LogP contribution in [0.15, 0.2) is 72.8 Å². The Labute approximate surface area is 177 Å². The molecule has 7 heteroatoms. The summed E-state index contributed by atoms with van der Waals surface area (Å²) in [6, 6.07) is 18.8. The Bertz CT molecular complexity index is 1210. The standard InChI is InChI=1S/C24H18F2N4O/c1-15-2-4-16(5-3-15)21(31)14-27-24-28-22(17-6-10-19(25)11-7-17)23(29-30-24)18-8-12-20(26)13-9-18/h2-13H,14H2,1H3,(H,27,28,30). The van der Waals surface area contributed by atoms with Crippen molar-refractivity contribution >= 4 is 11.7 Å². The first kappa shape index (κ1) is 20.3. The Morgan fingerprint density at radius 3 is 1.90 bits per heavy atom. The van der Waals surface area contributed by atoms with Crippen molar-refractivity contribution in [1.29, 1.82) is 0 Å². The van der Waals surface area contributed by atoms with Crippen LogP contribution >= 0.6 is 0 Å². The molecule has 0 saturated heterocycles. The number of aryl methyl sites for hydroxylation is 1. The highest BCUT2D eigenvalue weighted by Crippen LogP contribution is 2.29. The average Bonchev–Trinajstić information content (AvgIpc) is 2.79. The number of hydrogen-bond donors (Lipinski definition) is 1. The number of carbonyl (C=O) groups is 1. The zero-order valence-corrected chi connectivity index (χ0v) is 16.6. The van der Waals surface area contributed by atoms with Crippen LogP contribution in [-0.4, -0.2) is 27.5 Å². The third-order valence-corrected chi connectivity index (χ3v) is 4.70. The molecule has 0 aliphatic carbocycles. The Morgan fingerprint density at radius 1 is 0.774 bits per heavy atom. The van der Waals surface area contributed by atoms with Gasteiger partial charge in [-0.25, -0.2) is 13.8 Å². The summed E-state index contributed by atoms with van der Waals surface area (Å²) in [5.41, 5.74) is 3.73. The van der Waals surface area contributed by atoms with Crippen molar-refractivity contribution in [3.05, 3.63) is 95.6 Å². The summed E-state index contributed by atoms with van der Waals surface area (Å²) in [4.78, 5) is 16.9. The number of nitrogens with zero attached hydrogens (tertiary/aromatic N) is 3. The van der Waals surface area contributed by atoms with Crippen LogP contribution in [0.4, 0.5) is 14.7 Å². The van der Waals surface area contributed by atoms with Gasteiger partial charge < -0.3 is 5.32 Å². The molecule has 154 valence electrons. The summed E-state index contributed by atoms with van der Waals surface area (Å²) < 4.78 is 26.7. The molecule has 0 amide bonds. The number of hydrogen-bond acceptors (Lipinski definition) is 5. The van der Waals surface area contributed by atoms with Crippen molar-refractivity contribution in [1.82, 2.24) is 15.2 Å². The maximum absolute atomic E-state index is 13.4. The van der Waals surface area contributed by atoms with E-state index in [9.17, 15) is 13.6 Å². The monoisotopic (exact) mass is 416 g/mol. The van der Waals surface area contributed by atoms with E-state index in [0.717, 1.165) is 5.56 Å². The molecule has 0 spiro atoms. The van der Waals surface area contributed by atoms with Gasteiger partial charge in [0.2, 0.25) is 5.95 Å². The van der Waals surface area contributed by atoms with Crippen molar-refractivity contribution in [3.63, 3.8) is 0 Å². The van der Waals surface area contributed by atoms with Gasteiger partial charge in [0.05, 0.1) is 6.54 Å². The fourth-order valence-electron chi connectivity index (χ4n) is 3.01. The van der Waals surface area contributed by atoms with Gasteiger partial charge in [0.15, 0.2) is 5.78 Å². The maximum Gasteiger partial charge on any atom is 0.243 e. The fourth-order valence-corrected chi connectivity index (χ4v) is 3.01. The van der Waals surface area contributed by atoms with Crippen LogP contribution in [-0.2, 0) is 0 Å². The van der Waals surface area contributed by atoms with Crippen LogP contribution < -0.4 is 5.32 Å². The topological polar surface area (TPSA) is 67.8 Å². The minimum absolute atomic E-state index is 0.0104. The molecule has 5 nitrogen and oxygen atoms in total. The molecule has 0 saturated carbocycles. The third kappa shape index (κ3) is 4.78. The molecule has 0 radical (unpaired) electrons. The smallest absolute Gasteiger partial charge is 0.243 e. The second kappa shape index (κ2) is 8.79. The Morgan fingerprint density at radius 2 is 1.32 bits per heavy atom. The fraction of sp³-hybridized carbons (Fsp3) is 0.0833. The molecule has 1 heterocycles. The van der Waals surface area contributed by atoms with Crippen LogP contribution in [0.3, 0.4) is 0 Å². The molecule has 4 aromatic rings. The summed E-state index contributed by atoms with van der Waals surface area (Å²) >= 11 is 0. The van der Waals surface area contributed by atoms with Gasteiger partial charge in [0, 0.05) is 16.7 Å². The van der Waals surface area contributed by atoms with Gasteiger partial charge in [0.25, 0.3) is 0 Å². The summed E-state index contributed by atoms with van der Waals surface area (Å²) in [6.45, 7) is 1.94. The van der Waals surface area contributed by atoms with Crippen LogP contribution in [0.5, 0.6) is 0 Å². The predicted molar refractivity (Wildman–Crippen MR) is 115 cm³/mol. The number of ketones is 1. The first-order chi connectivity index (χ1) is 15.0. The highest BCUT2D eigenvalue weighted by atomic mass is 19.1. The Balaban J connectivity index is 1.64. The number of carbonyl (C=O) groups excluding carboxylic acids is 1. The van der Waals surface area contributed by atoms with Gasteiger partial charge in [-0.3, -0.25) is 4.79 Å². The quantitative estimate of drug-likeness (QED) is 0.444. The van der Waals surface area contributed by atoms with E-state index in [4.69, 9.17) is 0 Å². The van der Waals surface area contributed by atoms with Gasteiger partial charge in [-0.1, -0.05) is 29.8 Å². The minimum atomic E-state index is -0.379. The SMILES string of the molecule is Cc1ccc(C(=O)CNc2nnc(-c3ccc(F)cc3)c(-c3ccc(F)cc3)n2)cc1. The lowest BCUT2D eigenvalue weighted by Crippen LogP contribution is -2.16. The molecule has 1 aromatic heterocycles. The van der Waals surface area contributed by atoms with Gasteiger partial charge in [0.1, 0.15) is 23.0 Å². The van der Waals surface area contributed by atoms with Crippen LogP contribution in [0.2, 0.25) is 0 Å². The van der Waals surface area contributed by atoms with Gasteiger partial charge in [-0.15, -0.1) is 10.2 Å². The number of aromatic nitrogens is 3. The van der Waals surface area contributed by atoms with Crippen molar-refractivity contribution in [2.75, 3.05) is 11.9 Å².